The summed E-state index contributed by atoms with van der Waals surface area (Å²) in [5.41, 5.74) is 4.17. The van der Waals surface area contributed by atoms with Crippen LogP contribution in [0.15, 0.2) is 35.2 Å². The number of rotatable bonds is 10. The molecule has 32 heavy (non-hydrogen) atoms. The summed E-state index contributed by atoms with van der Waals surface area (Å²) in [6.07, 6.45) is 0.415. The number of nitrogens with zero attached hydrogens (tertiary/aromatic N) is 1. The summed E-state index contributed by atoms with van der Waals surface area (Å²) in [5, 5.41) is 3.03. The van der Waals surface area contributed by atoms with Crippen molar-refractivity contribution in [2.24, 2.45) is 0 Å². The van der Waals surface area contributed by atoms with Crippen LogP contribution in [0.3, 0.4) is 0 Å². The van der Waals surface area contributed by atoms with E-state index in [-0.39, 0.29) is 5.91 Å². The van der Waals surface area contributed by atoms with Gasteiger partial charge in [-0.1, -0.05) is 6.07 Å². The Kier molecular flexibility index (Phi) is 9.11. The molecule has 1 aliphatic rings. The Morgan fingerprint density at radius 3 is 2.44 bits per heavy atom. The van der Waals surface area contributed by atoms with Crippen molar-refractivity contribution >= 4 is 29.0 Å². The van der Waals surface area contributed by atoms with Gasteiger partial charge in [-0.15, -0.1) is 11.8 Å². The van der Waals surface area contributed by atoms with Gasteiger partial charge in [-0.2, -0.15) is 0 Å². The predicted octanol–water partition coefficient (Wildman–Crippen LogP) is 5.06. The van der Waals surface area contributed by atoms with E-state index in [0.29, 0.717) is 50.0 Å². The Morgan fingerprint density at radius 1 is 1.03 bits per heavy atom. The van der Waals surface area contributed by atoms with Crippen molar-refractivity contribution < 1.29 is 19.0 Å². The molecule has 174 valence electrons. The Labute approximate surface area is 195 Å². The molecule has 1 N–H and O–H groups in total. The van der Waals surface area contributed by atoms with Crippen LogP contribution in [0, 0.1) is 13.8 Å². The first-order valence-electron chi connectivity index (χ1n) is 11.3. The zero-order chi connectivity index (χ0) is 22.9. The van der Waals surface area contributed by atoms with E-state index in [1.54, 1.807) is 11.8 Å². The van der Waals surface area contributed by atoms with E-state index < -0.39 is 0 Å². The maximum absolute atomic E-state index is 12.7. The van der Waals surface area contributed by atoms with Crippen LogP contribution in [0.2, 0.25) is 0 Å². The molecular weight excluding hydrogens is 424 g/mol. The van der Waals surface area contributed by atoms with Crippen molar-refractivity contribution in [3.63, 3.8) is 0 Å². The molecule has 2 aromatic rings. The standard InChI is InChI=1S/C25H34N2O4S/c1-5-30-23-17-22(27-10-12-29-13-11-27)24(31-6-2)16-21(23)26-25(28)9-14-32-20-8-7-18(3)19(4)15-20/h7-8,15-17H,5-6,9-14H2,1-4H3,(H,26,28). The molecule has 1 aliphatic heterocycles. The number of carbonyl (C=O) groups excluding carboxylic acids is 1. The highest BCUT2D eigenvalue weighted by atomic mass is 32.2. The number of benzene rings is 2. The highest BCUT2D eigenvalue weighted by molar-refractivity contribution is 7.99. The first-order valence-corrected chi connectivity index (χ1v) is 12.3. The van der Waals surface area contributed by atoms with Gasteiger partial charge < -0.3 is 24.4 Å². The lowest BCUT2D eigenvalue weighted by Gasteiger charge is -2.31. The summed E-state index contributed by atoms with van der Waals surface area (Å²) >= 11 is 1.69. The first kappa shape index (κ1) is 24.3. The number of hydrogen-bond acceptors (Lipinski definition) is 6. The Bertz CT molecular complexity index is 913. The van der Waals surface area contributed by atoms with Crippen molar-refractivity contribution in [2.45, 2.75) is 39.0 Å². The number of anilines is 2. The van der Waals surface area contributed by atoms with Crippen molar-refractivity contribution in [3.05, 3.63) is 41.5 Å². The average molecular weight is 459 g/mol. The van der Waals surface area contributed by atoms with Crippen molar-refractivity contribution in [1.82, 2.24) is 0 Å². The summed E-state index contributed by atoms with van der Waals surface area (Å²) in [6, 6.07) is 10.3. The van der Waals surface area contributed by atoms with E-state index in [9.17, 15) is 4.79 Å². The van der Waals surface area contributed by atoms with Gasteiger partial charge in [0.25, 0.3) is 0 Å². The fourth-order valence-corrected chi connectivity index (χ4v) is 4.47. The summed E-state index contributed by atoms with van der Waals surface area (Å²) in [6.45, 7) is 12.1. The minimum Gasteiger partial charge on any atom is -0.492 e. The normalized spacial score (nSPS) is 13.7. The van der Waals surface area contributed by atoms with Gasteiger partial charge in [0.15, 0.2) is 0 Å². The van der Waals surface area contributed by atoms with Crippen LogP contribution in [0.1, 0.15) is 31.4 Å². The second-order valence-corrected chi connectivity index (χ2v) is 8.84. The van der Waals surface area contributed by atoms with Gasteiger partial charge >= 0.3 is 0 Å². The smallest absolute Gasteiger partial charge is 0.225 e. The van der Waals surface area contributed by atoms with E-state index in [2.05, 4.69) is 42.3 Å². The van der Waals surface area contributed by atoms with Crippen LogP contribution in [-0.2, 0) is 9.53 Å². The molecule has 7 heteroatoms. The monoisotopic (exact) mass is 458 g/mol. The summed E-state index contributed by atoms with van der Waals surface area (Å²) < 4.78 is 17.3. The molecule has 0 saturated carbocycles. The summed E-state index contributed by atoms with van der Waals surface area (Å²) in [5.74, 6) is 2.08. The Morgan fingerprint density at radius 2 is 1.75 bits per heavy atom. The quantitative estimate of drug-likeness (QED) is 0.502. The van der Waals surface area contributed by atoms with E-state index in [1.165, 1.54) is 16.0 Å². The zero-order valence-electron chi connectivity index (χ0n) is 19.5. The molecule has 1 amide bonds. The fourth-order valence-electron chi connectivity index (χ4n) is 3.52. The molecule has 1 saturated heterocycles. The Hall–Kier alpha value is -2.38. The molecular formula is C25H34N2O4S. The van der Waals surface area contributed by atoms with Crippen LogP contribution >= 0.6 is 11.8 Å². The first-order chi connectivity index (χ1) is 15.5. The second kappa shape index (κ2) is 12.0. The topological polar surface area (TPSA) is 60.0 Å². The number of aryl methyl sites for hydroxylation is 2. The van der Waals surface area contributed by atoms with Crippen molar-refractivity contribution in [3.8, 4) is 11.5 Å². The molecule has 0 atom stereocenters. The lowest BCUT2D eigenvalue weighted by atomic mass is 10.1. The third-order valence-corrected chi connectivity index (χ3v) is 6.36. The van der Waals surface area contributed by atoms with Gasteiger partial charge in [-0.3, -0.25) is 4.79 Å². The number of thioether (sulfide) groups is 1. The highest BCUT2D eigenvalue weighted by Gasteiger charge is 2.20. The largest absolute Gasteiger partial charge is 0.492 e. The minimum atomic E-state index is -0.0381. The molecule has 0 unspecified atom stereocenters. The second-order valence-electron chi connectivity index (χ2n) is 7.67. The SMILES string of the molecule is CCOc1cc(N2CCOCC2)c(OCC)cc1NC(=O)CCSc1ccc(C)c(C)c1. The molecule has 1 heterocycles. The number of ether oxygens (including phenoxy) is 3. The third-order valence-electron chi connectivity index (χ3n) is 5.36. The third kappa shape index (κ3) is 6.56. The fraction of sp³-hybridized carbons (Fsp3) is 0.480. The van der Waals surface area contributed by atoms with E-state index in [1.807, 2.05) is 26.0 Å². The van der Waals surface area contributed by atoms with E-state index >= 15 is 0 Å². The number of carbonyl (C=O) groups is 1. The summed E-state index contributed by atoms with van der Waals surface area (Å²) in [7, 11) is 0. The van der Waals surface area contributed by atoms with Gasteiger partial charge in [0.1, 0.15) is 11.5 Å². The maximum Gasteiger partial charge on any atom is 0.225 e. The van der Waals surface area contributed by atoms with Crippen LogP contribution in [0.5, 0.6) is 11.5 Å². The van der Waals surface area contributed by atoms with Crippen LogP contribution < -0.4 is 19.7 Å². The lowest BCUT2D eigenvalue weighted by molar-refractivity contribution is -0.115. The number of hydrogen-bond donors (Lipinski definition) is 1. The molecule has 3 rings (SSSR count). The van der Waals surface area contributed by atoms with Gasteiger partial charge in [0.2, 0.25) is 5.91 Å². The van der Waals surface area contributed by atoms with Gasteiger partial charge in [-0.25, -0.2) is 0 Å². The number of amides is 1. The predicted molar refractivity (Wildman–Crippen MR) is 132 cm³/mol. The van der Waals surface area contributed by atoms with Gasteiger partial charge in [0.05, 0.1) is 37.8 Å². The van der Waals surface area contributed by atoms with Gasteiger partial charge in [-0.05, 0) is 51.0 Å². The van der Waals surface area contributed by atoms with E-state index in [4.69, 9.17) is 14.2 Å². The molecule has 0 spiro atoms. The number of morpholine rings is 1. The molecule has 0 aliphatic carbocycles. The van der Waals surface area contributed by atoms with Crippen LogP contribution in [0.25, 0.3) is 0 Å². The summed E-state index contributed by atoms with van der Waals surface area (Å²) in [4.78, 5) is 16.1. The lowest BCUT2D eigenvalue weighted by Crippen LogP contribution is -2.36. The zero-order valence-corrected chi connectivity index (χ0v) is 20.3. The molecule has 0 aromatic heterocycles. The van der Waals surface area contributed by atoms with Crippen LogP contribution in [0.4, 0.5) is 11.4 Å². The molecule has 6 nitrogen and oxygen atoms in total. The van der Waals surface area contributed by atoms with Crippen molar-refractivity contribution in [1.29, 1.82) is 0 Å². The van der Waals surface area contributed by atoms with E-state index in [0.717, 1.165) is 24.5 Å². The highest BCUT2D eigenvalue weighted by Crippen LogP contribution is 2.39. The van der Waals surface area contributed by atoms with Crippen LogP contribution in [-0.4, -0.2) is 51.2 Å². The Balaban J connectivity index is 1.69. The molecule has 1 fully saturated rings. The number of nitrogens with one attached hydrogen (secondary N) is 1. The van der Waals surface area contributed by atoms with Gasteiger partial charge in [0, 0.05) is 42.3 Å². The molecule has 2 aromatic carbocycles. The maximum atomic E-state index is 12.7. The molecule has 0 bridgehead atoms. The minimum absolute atomic E-state index is 0.0381. The molecule has 0 radical (unpaired) electrons. The average Bonchev–Trinajstić information content (AvgIpc) is 2.78. The van der Waals surface area contributed by atoms with Crippen molar-refractivity contribution in [2.75, 3.05) is 55.5 Å².